The summed E-state index contributed by atoms with van der Waals surface area (Å²) in [7, 11) is 1.61. The zero-order valence-electron chi connectivity index (χ0n) is 18.9. The number of amides is 2. The Morgan fingerprint density at radius 2 is 1.76 bits per heavy atom. The third-order valence-corrected chi connectivity index (χ3v) is 5.69. The average Bonchev–Trinajstić information content (AvgIpc) is 2.85. The number of hydrogen-bond donors (Lipinski definition) is 0. The first-order valence-electron chi connectivity index (χ1n) is 10.7. The van der Waals surface area contributed by atoms with Crippen LogP contribution in [0, 0.1) is 6.92 Å². The van der Waals surface area contributed by atoms with E-state index in [1.54, 1.807) is 54.4 Å². The van der Waals surface area contributed by atoms with Gasteiger partial charge in [0.05, 0.1) is 19.3 Å². The van der Waals surface area contributed by atoms with Gasteiger partial charge < -0.3 is 19.3 Å². The van der Waals surface area contributed by atoms with Gasteiger partial charge >= 0.3 is 0 Å². The topological polar surface area (TPSA) is 84.9 Å². The third-order valence-electron chi connectivity index (χ3n) is 5.69. The molecule has 1 aliphatic rings. The van der Waals surface area contributed by atoms with E-state index >= 15 is 0 Å². The van der Waals surface area contributed by atoms with Crippen molar-refractivity contribution in [3.63, 3.8) is 0 Å². The molecule has 1 aromatic carbocycles. The van der Waals surface area contributed by atoms with E-state index in [9.17, 15) is 9.59 Å². The predicted molar refractivity (Wildman–Crippen MR) is 122 cm³/mol. The van der Waals surface area contributed by atoms with E-state index in [0.717, 1.165) is 17.0 Å². The number of methoxy groups -OCH3 is 1. The van der Waals surface area contributed by atoms with Crippen LogP contribution in [0.4, 0.5) is 0 Å². The lowest BCUT2D eigenvalue weighted by Gasteiger charge is -2.41. The summed E-state index contributed by atoms with van der Waals surface area (Å²) in [5.74, 6) is 1.22. The Morgan fingerprint density at radius 1 is 1.00 bits per heavy atom. The lowest BCUT2D eigenvalue weighted by atomic mass is 10.0. The molecule has 2 amide bonds. The number of rotatable bonds is 5. The van der Waals surface area contributed by atoms with E-state index in [4.69, 9.17) is 9.47 Å². The normalized spacial score (nSPS) is 15.8. The van der Waals surface area contributed by atoms with Crippen LogP contribution < -0.4 is 9.47 Å². The van der Waals surface area contributed by atoms with E-state index in [1.165, 1.54) is 0 Å². The quantitative estimate of drug-likeness (QED) is 0.595. The highest BCUT2D eigenvalue weighted by Gasteiger charge is 2.34. The van der Waals surface area contributed by atoms with E-state index in [2.05, 4.69) is 9.97 Å². The molecule has 3 aromatic rings. The van der Waals surface area contributed by atoms with Gasteiger partial charge in [-0.3, -0.25) is 14.6 Å². The third kappa shape index (κ3) is 4.95. The monoisotopic (exact) mass is 446 g/mol. The number of carbonyl (C=O) groups excluding carboxylic acids is 2. The molecule has 0 spiro atoms. The fraction of sp³-hybridized carbons (Fsp3) is 0.280. The lowest BCUT2D eigenvalue weighted by molar-refractivity contribution is -0.131. The molecular formula is C25H26N4O4. The van der Waals surface area contributed by atoms with Crippen molar-refractivity contribution in [2.75, 3.05) is 26.7 Å². The van der Waals surface area contributed by atoms with Crippen LogP contribution in [-0.4, -0.2) is 58.3 Å². The highest BCUT2D eigenvalue weighted by molar-refractivity contribution is 5.97. The first-order valence-corrected chi connectivity index (χ1v) is 10.7. The highest BCUT2D eigenvalue weighted by atomic mass is 16.5. The van der Waals surface area contributed by atoms with Gasteiger partial charge in [0.25, 0.3) is 5.91 Å². The fourth-order valence-electron chi connectivity index (χ4n) is 3.84. The summed E-state index contributed by atoms with van der Waals surface area (Å²) in [5, 5.41) is 0. The van der Waals surface area contributed by atoms with Crippen LogP contribution in [-0.2, 0) is 4.79 Å². The van der Waals surface area contributed by atoms with Crippen LogP contribution in [0.1, 0.15) is 34.6 Å². The smallest absolute Gasteiger partial charge is 0.259 e. The molecule has 0 saturated carbocycles. The number of piperazine rings is 1. The van der Waals surface area contributed by atoms with E-state index in [-0.39, 0.29) is 23.7 Å². The number of aromatic nitrogens is 2. The summed E-state index contributed by atoms with van der Waals surface area (Å²) >= 11 is 0. The molecule has 0 radical (unpaired) electrons. The number of hydrogen-bond acceptors (Lipinski definition) is 6. The van der Waals surface area contributed by atoms with Crippen molar-refractivity contribution in [2.24, 2.45) is 0 Å². The lowest BCUT2D eigenvalue weighted by Crippen LogP contribution is -2.51. The number of aryl methyl sites for hydroxylation is 1. The van der Waals surface area contributed by atoms with E-state index < -0.39 is 0 Å². The van der Waals surface area contributed by atoms with Gasteiger partial charge in [-0.25, -0.2) is 4.98 Å². The molecule has 0 N–H and O–H groups in total. The molecule has 3 heterocycles. The van der Waals surface area contributed by atoms with Gasteiger partial charge in [0.1, 0.15) is 17.1 Å². The van der Waals surface area contributed by atoms with Crippen molar-refractivity contribution in [2.45, 2.75) is 19.9 Å². The maximum atomic E-state index is 13.7. The maximum absolute atomic E-state index is 13.7. The Hall–Kier alpha value is -3.94. The Kier molecular flexibility index (Phi) is 6.53. The second-order valence-electron chi connectivity index (χ2n) is 7.85. The van der Waals surface area contributed by atoms with Crippen molar-refractivity contribution < 1.29 is 19.1 Å². The molecule has 1 unspecified atom stereocenters. The van der Waals surface area contributed by atoms with Gasteiger partial charge in [0, 0.05) is 38.4 Å². The van der Waals surface area contributed by atoms with Gasteiger partial charge in [-0.15, -0.1) is 0 Å². The number of benzene rings is 1. The van der Waals surface area contributed by atoms with Crippen molar-refractivity contribution in [1.29, 1.82) is 0 Å². The number of carbonyl (C=O) groups is 2. The van der Waals surface area contributed by atoms with Gasteiger partial charge in [-0.05, 0) is 48.9 Å². The fourth-order valence-corrected chi connectivity index (χ4v) is 3.84. The summed E-state index contributed by atoms with van der Waals surface area (Å²) in [6.45, 7) is 4.71. The van der Waals surface area contributed by atoms with Crippen molar-refractivity contribution in [3.05, 3.63) is 77.7 Å². The van der Waals surface area contributed by atoms with Gasteiger partial charge in [-0.1, -0.05) is 12.1 Å². The van der Waals surface area contributed by atoms with Crippen molar-refractivity contribution >= 4 is 11.8 Å². The summed E-state index contributed by atoms with van der Waals surface area (Å²) in [6.07, 6.45) is 3.19. The van der Waals surface area contributed by atoms with Gasteiger partial charge in [-0.2, -0.15) is 0 Å². The number of nitrogens with zero attached hydrogens (tertiary/aromatic N) is 4. The van der Waals surface area contributed by atoms with Crippen LogP contribution >= 0.6 is 0 Å². The first kappa shape index (κ1) is 22.3. The zero-order valence-corrected chi connectivity index (χ0v) is 18.9. The molecule has 8 heteroatoms. The summed E-state index contributed by atoms with van der Waals surface area (Å²) in [6, 6.07) is 14.3. The van der Waals surface area contributed by atoms with E-state index in [0.29, 0.717) is 30.9 Å². The standard InChI is InChI=1S/C25H26N4O4/c1-17-6-9-21(15-27-17)33-24-22(5-4-12-26-24)25(31)29-14-13-28(18(2)30)16-23(29)19-7-10-20(32-3)11-8-19/h4-12,15,23H,13-14,16H2,1-3H3. The molecule has 1 fully saturated rings. The highest BCUT2D eigenvalue weighted by Crippen LogP contribution is 2.31. The number of pyridine rings is 2. The molecule has 1 saturated heterocycles. The average molecular weight is 447 g/mol. The van der Waals surface area contributed by atoms with Crippen LogP contribution in [0.25, 0.3) is 0 Å². The van der Waals surface area contributed by atoms with Crippen molar-refractivity contribution in [1.82, 2.24) is 19.8 Å². The molecule has 2 aromatic heterocycles. The summed E-state index contributed by atoms with van der Waals surface area (Å²) in [5.41, 5.74) is 2.14. The largest absolute Gasteiger partial charge is 0.497 e. The van der Waals surface area contributed by atoms with Crippen LogP contribution in [0.15, 0.2) is 60.9 Å². The van der Waals surface area contributed by atoms with Gasteiger partial charge in [0.2, 0.25) is 11.8 Å². The molecule has 0 aliphatic carbocycles. The van der Waals surface area contributed by atoms with Crippen LogP contribution in [0.5, 0.6) is 17.4 Å². The number of ether oxygens (including phenoxy) is 2. The second kappa shape index (κ2) is 9.68. The molecule has 170 valence electrons. The minimum absolute atomic E-state index is 0.0159. The molecule has 0 bridgehead atoms. The maximum Gasteiger partial charge on any atom is 0.259 e. The molecular weight excluding hydrogens is 420 g/mol. The summed E-state index contributed by atoms with van der Waals surface area (Å²) < 4.78 is 11.2. The van der Waals surface area contributed by atoms with Crippen LogP contribution in [0.3, 0.4) is 0 Å². The Balaban J connectivity index is 1.65. The molecule has 4 rings (SSSR count). The Labute approximate surface area is 192 Å². The molecule has 1 atom stereocenters. The van der Waals surface area contributed by atoms with Crippen molar-refractivity contribution in [3.8, 4) is 17.4 Å². The Morgan fingerprint density at radius 3 is 2.42 bits per heavy atom. The molecule has 1 aliphatic heterocycles. The summed E-state index contributed by atoms with van der Waals surface area (Å²) in [4.78, 5) is 37.9. The first-order chi connectivity index (χ1) is 16.0. The second-order valence-corrected chi connectivity index (χ2v) is 7.85. The van der Waals surface area contributed by atoms with E-state index in [1.807, 2.05) is 37.3 Å². The Bertz CT molecular complexity index is 1130. The minimum Gasteiger partial charge on any atom is -0.497 e. The minimum atomic E-state index is -0.310. The molecule has 33 heavy (non-hydrogen) atoms. The van der Waals surface area contributed by atoms with Gasteiger partial charge in [0.15, 0.2) is 0 Å². The molecule has 8 nitrogen and oxygen atoms in total. The SMILES string of the molecule is COc1ccc(C2CN(C(C)=O)CCN2C(=O)c2cccnc2Oc2ccc(C)nc2)cc1. The van der Waals surface area contributed by atoms with Crippen LogP contribution in [0.2, 0.25) is 0 Å². The zero-order chi connectivity index (χ0) is 23.4. The predicted octanol–water partition coefficient (Wildman–Crippen LogP) is 3.63.